The normalized spacial score (nSPS) is 17.1. The number of aryl methyl sites for hydroxylation is 1. The van der Waals surface area contributed by atoms with Gasteiger partial charge in [-0.1, -0.05) is 0 Å². The summed E-state index contributed by atoms with van der Waals surface area (Å²) >= 11 is 0. The van der Waals surface area contributed by atoms with Crippen LogP contribution in [0.25, 0.3) is 0 Å². The molecular weight excluding hydrogens is 292 g/mol. The molecule has 0 saturated heterocycles. The van der Waals surface area contributed by atoms with E-state index in [2.05, 4.69) is 4.72 Å². The van der Waals surface area contributed by atoms with Crippen LogP contribution in [0, 0.1) is 5.41 Å². The van der Waals surface area contributed by atoms with Gasteiger partial charge in [0.05, 0.1) is 11.5 Å². The lowest BCUT2D eigenvalue weighted by molar-refractivity contribution is 0.173. The van der Waals surface area contributed by atoms with Crippen LogP contribution in [0.2, 0.25) is 0 Å². The number of hydrogen-bond acceptors (Lipinski definition) is 4. The van der Waals surface area contributed by atoms with Crippen molar-refractivity contribution in [1.29, 1.82) is 0 Å². The summed E-state index contributed by atoms with van der Waals surface area (Å²) in [6, 6.07) is 1.53. The SMILES string of the molecule is CCn1cc(S(=O)(=O)NCC2(CCOC)CC2)cc1CO. The van der Waals surface area contributed by atoms with E-state index in [0.29, 0.717) is 25.4 Å². The highest BCUT2D eigenvalue weighted by Crippen LogP contribution is 2.48. The Labute approximate surface area is 126 Å². The number of hydrogen-bond donors (Lipinski definition) is 2. The van der Waals surface area contributed by atoms with Crippen molar-refractivity contribution in [2.45, 2.75) is 44.2 Å². The molecule has 6 nitrogen and oxygen atoms in total. The fraction of sp³-hybridized carbons (Fsp3) is 0.714. The number of rotatable bonds is 9. The molecule has 0 aliphatic heterocycles. The fourth-order valence-electron chi connectivity index (χ4n) is 2.44. The van der Waals surface area contributed by atoms with Crippen LogP contribution in [0.5, 0.6) is 0 Å². The molecule has 0 bridgehead atoms. The third kappa shape index (κ3) is 3.85. The first-order chi connectivity index (χ1) is 9.96. The number of nitrogens with one attached hydrogen (secondary N) is 1. The number of aliphatic hydroxyl groups excluding tert-OH is 1. The maximum atomic E-state index is 12.3. The summed E-state index contributed by atoms with van der Waals surface area (Å²) in [7, 11) is -1.87. The third-order valence-electron chi connectivity index (χ3n) is 4.20. The van der Waals surface area contributed by atoms with Gasteiger partial charge in [0.25, 0.3) is 0 Å². The summed E-state index contributed by atoms with van der Waals surface area (Å²) in [5, 5.41) is 9.24. The summed E-state index contributed by atoms with van der Waals surface area (Å²) in [4.78, 5) is 0.218. The number of nitrogens with zero attached hydrogens (tertiary/aromatic N) is 1. The first kappa shape index (κ1) is 16.5. The Morgan fingerprint density at radius 1 is 1.48 bits per heavy atom. The molecule has 1 aliphatic carbocycles. The van der Waals surface area contributed by atoms with Gasteiger partial charge < -0.3 is 14.4 Å². The number of ether oxygens (including phenoxy) is 1. The molecule has 7 heteroatoms. The predicted octanol–water partition coefficient (Wildman–Crippen LogP) is 1.10. The molecule has 0 atom stereocenters. The molecule has 1 saturated carbocycles. The van der Waals surface area contributed by atoms with Crippen molar-refractivity contribution < 1.29 is 18.3 Å². The monoisotopic (exact) mass is 316 g/mol. The fourth-order valence-corrected chi connectivity index (χ4v) is 3.66. The number of sulfonamides is 1. The van der Waals surface area contributed by atoms with Gasteiger partial charge in [-0.15, -0.1) is 0 Å². The zero-order chi connectivity index (χ0) is 15.5. The van der Waals surface area contributed by atoms with Crippen molar-refractivity contribution in [3.05, 3.63) is 18.0 Å². The summed E-state index contributed by atoms with van der Waals surface area (Å²) in [5.41, 5.74) is 0.675. The number of aliphatic hydroxyl groups is 1. The highest BCUT2D eigenvalue weighted by Gasteiger charge is 2.42. The van der Waals surface area contributed by atoms with E-state index in [1.807, 2.05) is 6.92 Å². The maximum Gasteiger partial charge on any atom is 0.242 e. The van der Waals surface area contributed by atoms with Crippen molar-refractivity contribution in [3.63, 3.8) is 0 Å². The third-order valence-corrected chi connectivity index (χ3v) is 5.57. The molecule has 1 aliphatic rings. The molecule has 0 radical (unpaired) electrons. The van der Waals surface area contributed by atoms with E-state index in [4.69, 9.17) is 4.74 Å². The molecular formula is C14H24N2O4S. The van der Waals surface area contributed by atoms with Gasteiger partial charge in [0.2, 0.25) is 10.0 Å². The second-order valence-corrected chi connectivity index (χ2v) is 7.45. The molecule has 2 N–H and O–H groups in total. The molecule has 2 rings (SSSR count). The van der Waals surface area contributed by atoms with Crippen molar-refractivity contribution in [1.82, 2.24) is 9.29 Å². The van der Waals surface area contributed by atoms with Crippen molar-refractivity contribution in [3.8, 4) is 0 Å². The van der Waals surface area contributed by atoms with Crippen molar-refractivity contribution >= 4 is 10.0 Å². The van der Waals surface area contributed by atoms with E-state index in [-0.39, 0.29) is 16.9 Å². The molecule has 0 aromatic carbocycles. The second kappa shape index (κ2) is 6.48. The topological polar surface area (TPSA) is 80.6 Å². The number of methoxy groups -OCH3 is 1. The largest absolute Gasteiger partial charge is 0.390 e. The highest BCUT2D eigenvalue weighted by molar-refractivity contribution is 7.89. The van der Waals surface area contributed by atoms with Crippen LogP contribution in [0.4, 0.5) is 0 Å². The van der Waals surface area contributed by atoms with Crippen LogP contribution < -0.4 is 4.72 Å². The first-order valence-electron chi connectivity index (χ1n) is 7.25. The van der Waals surface area contributed by atoms with Crippen LogP contribution >= 0.6 is 0 Å². The van der Waals surface area contributed by atoms with E-state index in [1.54, 1.807) is 17.9 Å². The van der Waals surface area contributed by atoms with E-state index in [1.165, 1.54) is 6.07 Å². The molecule has 120 valence electrons. The van der Waals surface area contributed by atoms with Crippen LogP contribution in [0.1, 0.15) is 31.9 Å². The van der Waals surface area contributed by atoms with Crippen LogP contribution in [-0.2, 0) is 27.9 Å². The minimum atomic E-state index is -3.52. The van der Waals surface area contributed by atoms with Crippen LogP contribution in [0.3, 0.4) is 0 Å². The quantitative estimate of drug-likeness (QED) is 0.715. The Bertz CT molecular complexity index is 554. The summed E-state index contributed by atoms with van der Waals surface area (Å²) in [5.74, 6) is 0. The summed E-state index contributed by atoms with van der Waals surface area (Å²) in [6.45, 7) is 3.48. The van der Waals surface area contributed by atoms with Crippen molar-refractivity contribution in [2.24, 2.45) is 5.41 Å². The Morgan fingerprint density at radius 2 is 2.19 bits per heavy atom. The predicted molar refractivity (Wildman–Crippen MR) is 79.4 cm³/mol. The minimum Gasteiger partial charge on any atom is -0.390 e. The van der Waals surface area contributed by atoms with Gasteiger partial charge in [0.15, 0.2) is 0 Å². The van der Waals surface area contributed by atoms with Crippen molar-refractivity contribution in [2.75, 3.05) is 20.3 Å². The van der Waals surface area contributed by atoms with Gasteiger partial charge in [-0.05, 0) is 37.7 Å². The average molecular weight is 316 g/mol. The Hall–Kier alpha value is -0.890. The van der Waals surface area contributed by atoms with Crippen LogP contribution in [-0.4, -0.2) is 38.4 Å². The smallest absolute Gasteiger partial charge is 0.242 e. The Morgan fingerprint density at radius 3 is 2.67 bits per heavy atom. The zero-order valence-electron chi connectivity index (χ0n) is 12.6. The maximum absolute atomic E-state index is 12.3. The van der Waals surface area contributed by atoms with Crippen LogP contribution in [0.15, 0.2) is 17.2 Å². The van der Waals surface area contributed by atoms with E-state index < -0.39 is 10.0 Å². The minimum absolute atomic E-state index is 0.0657. The molecule has 1 fully saturated rings. The molecule has 1 heterocycles. The second-order valence-electron chi connectivity index (χ2n) is 5.68. The average Bonchev–Trinajstić information content (AvgIpc) is 3.11. The molecule has 1 aromatic heterocycles. The summed E-state index contributed by atoms with van der Waals surface area (Å²) < 4.78 is 34.2. The van der Waals surface area contributed by atoms with E-state index in [9.17, 15) is 13.5 Å². The lowest BCUT2D eigenvalue weighted by atomic mass is 10.0. The molecule has 21 heavy (non-hydrogen) atoms. The Kier molecular flexibility index (Phi) is 5.08. The molecule has 0 unspecified atom stereocenters. The molecule has 0 spiro atoms. The van der Waals surface area contributed by atoms with E-state index in [0.717, 1.165) is 19.3 Å². The van der Waals surface area contributed by atoms with E-state index >= 15 is 0 Å². The van der Waals surface area contributed by atoms with Gasteiger partial charge >= 0.3 is 0 Å². The van der Waals surface area contributed by atoms with Gasteiger partial charge in [-0.3, -0.25) is 0 Å². The summed E-state index contributed by atoms with van der Waals surface area (Å²) in [6.07, 6.45) is 4.53. The lowest BCUT2D eigenvalue weighted by Gasteiger charge is -2.15. The van der Waals surface area contributed by atoms with Gasteiger partial charge in [-0.25, -0.2) is 13.1 Å². The Balaban J connectivity index is 2.03. The highest BCUT2D eigenvalue weighted by atomic mass is 32.2. The first-order valence-corrected chi connectivity index (χ1v) is 8.73. The zero-order valence-corrected chi connectivity index (χ0v) is 13.4. The number of aromatic nitrogens is 1. The van der Waals surface area contributed by atoms with Gasteiger partial charge in [-0.2, -0.15) is 0 Å². The van der Waals surface area contributed by atoms with Gasteiger partial charge in [0.1, 0.15) is 0 Å². The molecule has 1 aromatic rings. The lowest BCUT2D eigenvalue weighted by Crippen LogP contribution is -2.30. The standard InChI is InChI=1S/C14H24N2O4S/c1-3-16-9-13(8-12(16)10-17)21(18,19)15-11-14(4-5-14)6-7-20-2/h8-9,15,17H,3-7,10-11H2,1-2H3. The van der Waals surface area contributed by atoms with Gasteiger partial charge in [0, 0.05) is 38.7 Å². The molecule has 0 amide bonds.